The zero-order chi connectivity index (χ0) is 19.2. The average molecular weight is 372 g/mol. The Labute approximate surface area is 153 Å². The first-order chi connectivity index (χ1) is 12.3. The number of phenols is 1. The number of anilines is 1. The summed E-state index contributed by atoms with van der Waals surface area (Å²) >= 11 is 6.13. The van der Waals surface area contributed by atoms with Crippen molar-refractivity contribution in [1.29, 1.82) is 0 Å². The summed E-state index contributed by atoms with van der Waals surface area (Å²) in [5.41, 5.74) is 5.68. The van der Waals surface area contributed by atoms with Crippen molar-refractivity contribution in [2.45, 2.75) is 13.3 Å². The summed E-state index contributed by atoms with van der Waals surface area (Å²) < 4.78 is 0. The van der Waals surface area contributed by atoms with Crippen LogP contribution in [0.15, 0.2) is 35.4 Å². The van der Waals surface area contributed by atoms with E-state index in [-0.39, 0.29) is 33.5 Å². The van der Waals surface area contributed by atoms with Gasteiger partial charge in [-0.25, -0.2) is 4.79 Å². The number of allylic oxidation sites excluding steroid dienone is 2. The molecule has 4 N–H and O–H groups in total. The molecule has 0 saturated carbocycles. The first-order valence-electron chi connectivity index (χ1n) is 7.75. The van der Waals surface area contributed by atoms with E-state index >= 15 is 0 Å². The van der Waals surface area contributed by atoms with Crippen molar-refractivity contribution in [3.8, 4) is 5.75 Å². The molecule has 0 saturated heterocycles. The molecule has 132 valence electrons. The molecule has 0 heterocycles. The van der Waals surface area contributed by atoms with Crippen LogP contribution in [0.5, 0.6) is 5.75 Å². The first-order valence-corrected chi connectivity index (χ1v) is 8.12. The van der Waals surface area contributed by atoms with E-state index in [2.05, 4.69) is 0 Å². The fourth-order valence-electron chi connectivity index (χ4n) is 2.93. The SMILES string of the molecule is CCc1ccc(C2=C(Cl)C(=O)c3c(ccc(N)c3O)C2=O)c(C(=O)O)c1. The number of fused-ring (bicyclic) bond motifs is 1. The molecule has 0 amide bonds. The second kappa shape index (κ2) is 6.31. The third kappa shape index (κ3) is 2.55. The van der Waals surface area contributed by atoms with Gasteiger partial charge in [0.15, 0.2) is 5.78 Å². The van der Waals surface area contributed by atoms with Gasteiger partial charge in [0.2, 0.25) is 5.78 Å². The van der Waals surface area contributed by atoms with Crippen LogP contribution in [0.3, 0.4) is 0 Å². The van der Waals surface area contributed by atoms with Crippen LogP contribution >= 0.6 is 11.6 Å². The largest absolute Gasteiger partial charge is 0.505 e. The summed E-state index contributed by atoms with van der Waals surface area (Å²) in [6, 6.07) is 7.20. The van der Waals surface area contributed by atoms with E-state index in [1.165, 1.54) is 24.3 Å². The van der Waals surface area contributed by atoms with Crippen LogP contribution < -0.4 is 5.73 Å². The van der Waals surface area contributed by atoms with Crippen LogP contribution in [0.25, 0.3) is 5.57 Å². The summed E-state index contributed by atoms with van der Waals surface area (Å²) in [6.45, 7) is 1.87. The van der Waals surface area contributed by atoms with Crippen LogP contribution in [0.4, 0.5) is 5.69 Å². The number of carbonyl (C=O) groups excluding carboxylic acids is 2. The number of Topliss-reactive ketones (excluding diaryl/α,β-unsaturated/α-hetero) is 2. The molecule has 0 aromatic heterocycles. The van der Waals surface area contributed by atoms with E-state index < -0.39 is 28.3 Å². The Balaban J connectivity index is 2.29. The van der Waals surface area contributed by atoms with Gasteiger partial charge in [-0.15, -0.1) is 0 Å². The van der Waals surface area contributed by atoms with Crippen LogP contribution in [-0.4, -0.2) is 27.7 Å². The molecule has 1 aliphatic carbocycles. The summed E-state index contributed by atoms with van der Waals surface area (Å²) in [5, 5.41) is 19.1. The molecule has 0 bridgehead atoms. The lowest BCUT2D eigenvalue weighted by Crippen LogP contribution is -2.21. The Morgan fingerprint density at radius 2 is 1.77 bits per heavy atom. The standard InChI is InChI=1S/C19H14ClNO5/c1-2-8-3-4-9(11(7-8)19(25)26)13-15(20)18(24)14-10(16(13)22)5-6-12(21)17(14)23/h3-7,23H,2,21H2,1H3,(H,25,26). The van der Waals surface area contributed by atoms with Gasteiger partial charge in [-0.1, -0.05) is 30.7 Å². The molecular formula is C19H14ClNO5. The highest BCUT2D eigenvalue weighted by atomic mass is 35.5. The number of rotatable bonds is 3. The minimum absolute atomic E-state index is 0.0556. The molecule has 3 rings (SSSR count). The molecule has 6 nitrogen and oxygen atoms in total. The lowest BCUT2D eigenvalue weighted by molar-refractivity contribution is 0.0696. The smallest absolute Gasteiger partial charge is 0.336 e. The van der Waals surface area contributed by atoms with Gasteiger partial charge in [0.05, 0.1) is 22.4 Å². The number of hydrogen-bond acceptors (Lipinski definition) is 5. The van der Waals surface area contributed by atoms with Gasteiger partial charge in [0.1, 0.15) is 10.8 Å². The zero-order valence-electron chi connectivity index (χ0n) is 13.7. The van der Waals surface area contributed by atoms with E-state index in [1.807, 2.05) is 6.92 Å². The number of benzene rings is 2. The number of nitrogen functional groups attached to an aromatic ring is 1. The number of ketones is 2. The maximum atomic E-state index is 12.9. The van der Waals surface area contributed by atoms with Crippen LogP contribution in [-0.2, 0) is 6.42 Å². The number of aromatic hydroxyl groups is 1. The molecule has 0 aliphatic heterocycles. The van der Waals surface area contributed by atoms with Gasteiger partial charge >= 0.3 is 5.97 Å². The van der Waals surface area contributed by atoms with Crippen molar-refractivity contribution in [2.24, 2.45) is 0 Å². The average Bonchev–Trinajstić information content (AvgIpc) is 2.62. The monoisotopic (exact) mass is 371 g/mol. The van der Waals surface area contributed by atoms with Gasteiger partial charge in [0.25, 0.3) is 0 Å². The summed E-state index contributed by atoms with van der Waals surface area (Å²) in [7, 11) is 0. The van der Waals surface area contributed by atoms with E-state index in [0.29, 0.717) is 6.42 Å². The van der Waals surface area contributed by atoms with E-state index in [1.54, 1.807) is 6.07 Å². The maximum absolute atomic E-state index is 12.9. The molecule has 0 fully saturated rings. The van der Waals surface area contributed by atoms with Gasteiger partial charge in [-0.2, -0.15) is 0 Å². The van der Waals surface area contributed by atoms with Gasteiger partial charge in [-0.3, -0.25) is 9.59 Å². The van der Waals surface area contributed by atoms with E-state index in [4.69, 9.17) is 17.3 Å². The molecule has 2 aromatic carbocycles. The molecule has 0 unspecified atom stereocenters. The molecule has 2 aromatic rings. The minimum atomic E-state index is -1.24. The van der Waals surface area contributed by atoms with Crippen LogP contribution in [0.1, 0.15) is 49.1 Å². The van der Waals surface area contributed by atoms with Gasteiger partial charge in [-0.05, 0) is 30.2 Å². The van der Waals surface area contributed by atoms with E-state index in [0.717, 1.165) is 5.56 Å². The first kappa shape index (κ1) is 17.7. The predicted molar refractivity (Wildman–Crippen MR) is 96.7 cm³/mol. The van der Waals surface area contributed by atoms with Gasteiger partial charge in [0, 0.05) is 11.1 Å². The third-order valence-electron chi connectivity index (χ3n) is 4.32. The lowest BCUT2D eigenvalue weighted by atomic mass is 9.83. The Kier molecular flexibility index (Phi) is 4.29. The van der Waals surface area contributed by atoms with Crippen molar-refractivity contribution in [3.05, 3.63) is 63.2 Å². The van der Waals surface area contributed by atoms with Crippen LogP contribution in [0, 0.1) is 0 Å². The van der Waals surface area contributed by atoms with Crippen molar-refractivity contribution in [1.82, 2.24) is 0 Å². The van der Waals surface area contributed by atoms with Crippen molar-refractivity contribution < 1.29 is 24.6 Å². The van der Waals surface area contributed by atoms with Crippen molar-refractivity contribution in [2.75, 3.05) is 5.73 Å². The Morgan fingerprint density at radius 1 is 1.12 bits per heavy atom. The quantitative estimate of drug-likeness (QED) is 0.563. The fraction of sp³-hybridized carbons (Fsp3) is 0.105. The zero-order valence-corrected chi connectivity index (χ0v) is 14.4. The van der Waals surface area contributed by atoms with Crippen molar-refractivity contribution in [3.63, 3.8) is 0 Å². The maximum Gasteiger partial charge on any atom is 0.336 e. The number of hydrogen-bond donors (Lipinski definition) is 3. The highest BCUT2D eigenvalue weighted by Gasteiger charge is 2.36. The topological polar surface area (TPSA) is 118 Å². The molecule has 1 aliphatic rings. The summed E-state index contributed by atoms with van der Waals surface area (Å²) in [5.74, 6) is -3.18. The fourth-order valence-corrected chi connectivity index (χ4v) is 3.21. The molecular weight excluding hydrogens is 358 g/mol. The number of aromatic carboxylic acids is 1. The number of halogens is 1. The molecule has 0 spiro atoms. The number of carbonyl (C=O) groups is 3. The Bertz CT molecular complexity index is 1020. The minimum Gasteiger partial charge on any atom is -0.505 e. The Hall–Kier alpha value is -3.12. The van der Waals surface area contributed by atoms with Crippen molar-refractivity contribution >= 4 is 40.4 Å². The van der Waals surface area contributed by atoms with Crippen LogP contribution in [0.2, 0.25) is 0 Å². The highest BCUT2D eigenvalue weighted by molar-refractivity contribution is 6.57. The second-order valence-corrected chi connectivity index (χ2v) is 6.19. The highest BCUT2D eigenvalue weighted by Crippen LogP contribution is 2.40. The van der Waals surface area contributed by atoms with Gasteiger partial charge < -0.3 is 15.9 Å². The molecule has 7 heteroatoms. The number of nitrogens with two attached hydrogens (primary N) is 1. The number of aryl methyl sites for hydroxylation is 1. The number of carboxylic acids is 1. The summed E-state index contributed by atoms with van der Waals surface area (Å²) in [4.78, 5) is 37.2. The predicted octanol–water partition coefficient (Wildman–Crippen LogP) is 3.26. The number of phenolic OH excluding ortho intramolecular Hbond substituents is 1. The lowest BCUT2D eigenvalue weighted by Gasteiger charge is -2.20. The van der Waals surface area contributed by atoms with E-state index in [9.17, 15) is 24.6 Å². The molecule has 26 heavy (non-hydrogen) atoms. The summed E-state index contributed by atoms with van der Waals surface area (Å²) in [6.07, 6.45) is 0.607. The Morgan fingerprint density at radius 3 is 2.38 bits per heavy atom. The number of carboxylic acid groups (broad SMARTS) is 1. The second-order valence-electron chi connectivity index (χ2n) is 5.81. The third-order valence-corrected chi connectivity index (χ3v) is 4.68. The normalized spacial score (nSPS) is 13.8. The molecule has 0 atom stereocenters. The molecule has 0 radical (unpaired) electrons.